The van der Waals surface area contributed by atoms with Crippen LogP contribution in [0.2, 0.25) is 0 Å². The number of aliphatic hydroxyl groups is 2. The van der Waals surface area contributed by atoms with Gasteiger partial charge in [-0.3, -0.25) is 0 Å². The van der Waals surface area contributed by atoms with Gasteiger partial charge in [0.15, 0.2) is 0 Å². The Balaban J connectivity index is 2.13. The van der Waals surface area contributed by atoms with Crippen molar-refractivity contribution < 1.29 is 10.2 Å². The lowest BCUT2D eigenvalue weighted by Crippen LogP contribution is -2.66. The fourth-order valence-electron chi connectivity index (χ4n) is 4.93. The van der Waals surface area contributed by atoms with Crippen LogP contribution in [0.25, 0.3) is 0 Å². The smallest absolute Gasteiger partial charge is 0.0977 e. The summed E-state index contributed by atoms with van der Waals surface area (Å²) in [5.41, 5.74) is -2.53. The third-order valence-electron chi connectivity index (χ3n) is 6.35. The first kappa shape index (κ1) is 15.8. The van der Waals surface area contributed by atoms with Crippen LogP contribution in [-0.4, -0.2) is 21.4 Å². The first-order valence-corrected chi connectivity index (χ1v) is 8.63. The minimum absolute atomic E-state index is 0.00568. The topological polar surface area (TPSA) is 40.5 Å². The lowest BCUT2D eigenvalue weighted by atomic mass is 9.48. The summed E-state index contributed by atoms with van der Waals surface area (Å²) in [7, 11) is 0. The van der Waals surface area contributed by atoms with Gasteiger partial charge in [0.25, 0.3) is 0 Å². The second-order valence-corrected chi connectivity index (χ2v) is 7.36. The molecule has 3 aliphatic carbocycles. The lowest BCUT2D eigenvalue weighted by Gasteiger charge is -2.60. The molecule has 22 heavy (non-hydrogen) atoms. The van der Waals surface area contributed by atoms with Crippen LogP contribution >= 0.6 is 0 Å². The highest BCUT2D eigenvalue weighted by atomic mass is 16.3. The van der Waals surface area contributed by atoms with E-state index in [4.69, 9.17) is 0 Å². The molecule has 3 rings (SSSR count). The van der Waals surface area contributed by atoms with E-state index in [1.807, 2.05) is 36.5 Å². The molecule has 1 fully saturated rings. The van der Waals surface area contributed by atoms with Crippen molar-refractivity contribution in [1.82, 2.24) is 0 Å². The highest BCUT2D eigenvalue weighted by molar-refractivity contribution is 5.34. The zero-order valence-corrected chi connectivity index (χ0v) is 13.7. The molecule has 120 valence electrons. The monoisotopic (exact) mass is 300 g/mol. The zero-order valence-electron chi connectivity index (χ0n) is 13.7. The molecule has 2 heteroatoms. The number of hydrogen-bond acceptors (Lipinski definition) is 2. The average Bonchev–Trinajstić information content (AvgIpc) is 2.54. The molecule has 4 atom stereocenters. The van der Waals surface area contributed by atoms with E-state index < -0.39 is 16.6 Å². The molecule has 0 bridgehead atoms. The van der Waals surface area contributed by atoms with Gasteiger partial charge >= 0.3 is 0 Å². The van der Waals surface area contributed by atoms with Crippen LogP contribution in [-0.2, 0) is 0 Å². The quantitative estimate of drug-likeness (QED) is 0.811. The van der Waals surface area contributed by atoms with Crippen molar-refractivity contribution in [2.45, 2.75) is 57.2 Å². The molecule has 0 aromatic heterocycles. The van der Waals surface area contributed by atoms with Crippen molar-refractivity contribution in [2.75, 3.05) is 0 Å². The van der Waals surface area contributed by atoms with Crippen molar-refractivity contribution in [3.05, 3.63) is 48.6 Å². The maximum atomic E-state index is 11.7. The van der Waals surface area contributed by atoms with Crippen LogP contribution in [0.5, 0.6) is 0 Å². The van der Waals surface area contributed by atoms with Crippen LogP contribution in [0.3, 0.4) is 0 Å². The molecule has 2 nitrogen and oxygen atoms in total. The molecule has 0 aromatic carbocycles. The van der Waals surface area contributed by atoms with Gasteiger partial charge in [0.05, 0.1) is 11.2 Å². The average molecular weight is 300 g/mol. The Bertz CT molecular complexity index is 494. The molecule has 0 amide bonds. The molecule has 0 spiro atoms. The number of rotatable bonds is 2. The van der Waals surface area contributed by atoms with E-state index in [1.165, 1.54) is 6.42 Å². The second kappa shape index (κ2) is 5.50. The molecule has 3 aliphatic rings. The van der Waals surface area contributed by atoms with Gasteiger partial charge in [0.1, 0.15) is 0 Å². The van der Waals surface area contributed by atoms with Crippen molar-refractivity contribution >= 4 is 0 Å². The van der Waals surface area contributed by atoms with E-state index in [0.29, 0.717) is 0 Å². The molecular weight excluding hydrogens is 272 g/mol. The predicted molar refractivity (Wildman–Crippen MR) is 90.3 cm³/mol. The Morgan fingerprint density at radius 1 is 0.727 bits per heavy atom. The van der Waals surface area contributed by atoms with Gasteiger partial charge in [-0.05, 0) is 12.8 Å². The summed E-state index contributed by atoms with van der Waals surface area (Å²) >= 11 is 0. The fourth-order valence-corrected chi connectivity index (χ4v) is 4.93. The Labute approximate surface area is 133 Å². The minimum Gasteiger partial charge on any atom is -0.384 e. The summed E-state index contributed by atoms with van der Waals surface area (Å²) in [6.07, 6.45) is 20.9. The maximum Gasteiger partial charge on any atom is 0.0977 e. The van der Waals surface area contributed by atoms with Crippen molar-refractivity contribution in [1.29, 1.82) is 0 Å². The van der Waals surface area contributed by atoms with E-state index in [9.17, 15) is 10.2 Å². The number of hydrogen-bond donors (Lipinski definition) is 2. The standard InChI is InChI=1S/C20H28O2/c1-16-10-4-8-14-19(16,21)18(12-6-3-7-13-18)20(22)15-9-5-11-17(20)2/h4-5,8-11,14-17,21-22H,3,6-7,12-13H2,1-2H3/t16-,17-,19-,20-/m1/s1. The van der Waals surface area contributed by atoms with Crippen molar-refractivity contribution in [2.24, 2.45) is 17.3 Å². The molecule has 0 aliphatic heterocycles. The molecule has 0 radical (unpaired) electrons. The van der Waals surface area contributed by atoms with Gasteiger partial charge in [0, 0.05) is 17.3 Å². The molecule has 2 N–H and O–H groups in total. The summed E-state index contributed by atoms with van der Waals surface area (Å²) in [5.74, 6) is 0.0114. The third kappa shape index (κ3) is 2.00. The highest BCUT2D eigenvalue weighted by Gasteiger charge is 2.63. The van der Waals surface area contributed by atoms with Crippen LogP contribution < -0.4 is 0 Å². The predicted octanol–water partition coefficient (Wildman–Crippen LogP) is 3.92. The first-order chi connectivity index (χ1) is 10.5. The van der Waals surface area contributed by atoms with E-state index in [2.05, 4.69) is 26.0 Å². The third-order valence-corrected chi connectivity index (χ3v) is 6.35. The summed E-state index contributed by atoms with van der Waals surface area (Å²) in [6, 6.07) is 0. The molecular formula is C20H28O2. The van der Waals surface area contributed by atoms with E-state index >= 15 is 0 Å². The highest BCUT2D eigenvalue weighted by Crippen LogP contribution is 2.59. The maximum absolute atomic E-state index is 11.7. The van der Waals surface area contributed by atoms with Crippen LogP contribution in [0.15, 0.2) is 48.6 Å². The molecule has 0 heterocycles. The molecule has 0 unspecified atom stereocenters. The van der Waals surface area contributed by atoms with Crippen molar-refractivity contribution in [3.63, 3.8) is 0 Å². The Hall–Kier alpha value is -1.12. The fraction of sp³-hybridized carbons (Fsp3) is 0.600. The van der Waals surface area contributed by atoms with Gasteiger partial charge in [-0.2, -0.15) is 0 Å². The largest absolute Gasteiger partial charge is 0.384 e. The molecule has 0 saturated heterocycles. The van der Waals surface area contributed by atoms with Gasteiger partial charge < -0.3 is 10.2 Å². The summed E-state index contributed by atoms with van der Waals surface area (Å²) in [4.78, 5) is 0. The minimum atomic E-state index is -0.999. The van der Waals surface area contributed by atoms with E-state index in [-0.39, 0.29) is 11.8 Å². The molecule has 0 aromatic rings. The van der Waals surface area contributed by atoms with E-state index in [0.717, 1.165) is 25.7 Å². The summed E-state index contributed by atoms with van der Waals surface area (Å²) < 4.78 is 0. The van der Waals surface area contributed by atoms with Gasteiger partial charge in [0.2, 0.25) is 0 Å². The lowest BCUT2D eigenvalue weighted by molar-refractivity contribution is -0.197. The zero-order chi connectivity index (χ0) is 15.8. The van der Waals surface area contributed by atoms with Crippen molar-refractivity contribution in [3.8, 4) is 0 Å². The first-order valence-electron chi connectivity index (χ1n) is 8.63. The molecule has 1 saturated carbocycles. The summed E-state index contributed by atoms with van der Waals surface area (Å²) in [5, 5.41) is 23.4. The van der Waals surface area contributed by atoms with Gasteiger partial charge in [-0.15, -0.1) is 0 Å². The van der Waals surface area contributed by atoms with Gasteiger partial charge in [-0.1, -0.05) is 81.7 Å². The Morgan fingerprint density at radius 2 is 1.18 bits per heavy atom. The SMILES string of the molecule is C[C@@H]1C=CC=C[C@]1(O)C1([C@@]2(O)C=CC=C[C@H]2C)CCCCC1. The van der Waals surface area contributed by atoms with Gasteiger partial charge in [-0.25, -0.2) is 0 Å². The summed E-state index contributed by atoms with van der Waals surface area (Å²) in [6.45, 7) is 4.12. The van der Waals surface area contributed by atoms with Crippen LogP contribution in [0.4, 0.5) is 0 Å². The Morgan fingerprint density at radius 3 is 1.59 bits per heavy atom. The van der Waals surface area contributed by atoms with E-state index in [1.54, 1.807) is 0 Å². The Kier molecular flexibility index (Phi) is 3.94. The van der Waals surface area contributed by atoms with Crippen LogP contribution in [0, 0.1) is 17.3 Å². The van der Waals surface area contributed by atoms with Crippen LogP contribution in [0.1, 0.15) is 46.0 Å². The normalized spacial score (nSPS) is 43.5. The second-order valence-electron chi connectivity index (χ2n) is 7.36. The number of allylic oxidation sites excluding steroid dienone is 4.